The smallest absolute Gasteiger partial charge is 0.314 e. The summed E-state index contributed by atoms with van der Waals surface area (Å²) in [6, 6.07) is 0. The number of aliphatic hydroxyl groups is 1. The Balaban J connectivity index is 2.38. The molecule has 3 unspecified atom stereocenters. The molecule has 0 aliphatic heterocycles. The minimum absolute atomic E-state index is 0.195. The molecule has 0 aromatic rings. The molecule has 3 atom stereocenters. The lowest BCUT2D eigenvalue weighted by molar-refractivity contribution is -0.145. The number of Topliss-reactive ketones (excluding diaryl/α,β-unsaturated/α-hetero) is 1. The van der Waals surface area contributed by atoms with Crippen LogP contribution in [0, 0.1) is 11.8 Å². The second kappa shape index (κ2) is 8.10. The normalized spacial score (nSPS) is 25.1. The summed E-state index contributed by atoms with van der Waals surface area (Å²) in [5.41, 5.74) is 0. The molecule has 0 heterocycles. The van der Waals surface area contributed by atoms with E-state index >= 15 is 0 Å². The quantitative estimate of drug-likeness (QED) is 0.403. The predicted octanol–water partition coefficient (Wildman–Crippen LogP) is 2.55. The molecule has 19 heavy (non-hydrogen) atoms. The van der Waals surface area contributed by atoms with Crippen LogP contribution in [0.2, 0.25) is 0 Å². The third-order valence-corrected chi connectivity index (χ3v) is 3.70. The van der Waals surface area contributed by atoms with E-state index in [9.17, 15) is 14.7 Å². The number of unbranched alkanes of at least 4 members (excludes halogenated alkanes) is 3. The number of carbonyl (C=O) groups excluding carboxylic acids is 1. The number of hydrogen-bond acceptors (Lipinski definition) is 3. The molecule has 0 aromatic heterocycles. The first-order chi connectivity index (χ1) is 9.06. The molecule has 4 nitrogen and oxygen atoms in total. The van der Waals surface area contributed by atoms with Crippen molar-refractivity contribution >= 4 is 11.8 Å². The summed E-state index contributed by atoms with van der Waals surface area (Å²) in [7, 11) is 0. The van der Waals surface area contributed by atoms with Gasteiger partial charge in [-0.3, -0.25) is 9.59 Å². The average molecular weight is 268 g/mol. The zero-order valence-corrected chi connectivity index (χ0v) is 11.5. The first-order valence-corrected chi connectivity index (χ1v) is 7.18. The van der Waals surface area contributed by atoms with Crippen molar-refractivity contribution in [3.05, 3.63) is 12.2 Å². The number of aliphatic hydroxyl groups excluding tert-OH is 1. The number of carbonyl (C=O) groups is 2. The van der Waals surface area contributed by atoms with Crippen LogP contribution in [0.25, 0.3) is 0 Å². The maximum absolute atomic E-state index is 11.4. The van der Waals surface area contributed by atoms with Crippen molar-refractivity contribution in [1.29, 1.82) is 0 Å². The molecular formula is C15H24O4. The number of carboxylic acids is 1. The molecule has 0 amide bonds. The molecule has 1 rings (SSSR count). The van der Waals surface area contributed by atoms with Crippen LogP contribution in [0.1, 0.15) is 51.9 Å². The van der Waals surface area contributed by atoms with E-state index in [0.29, 0.717) is 19.3 Å². The van der Waals surface area contributed by atoms with Gasteiger partial charge in [0.2, 0.25) is 0 Å². The molecule has 108 valence electrons. The molecule has 4 heteroatoms. The highest BCUT2D eigenvalue weighted by Crippen LogP contribution is 2.30. The first-order valence-electron chi connectivity index (χ1n) is 7.18. The van der Waals surface area contributed by atoms with Crippen LogP contribution < -0.4 is 0 Å². The van der Waals surface area contributed by atoms with Crippen molar-refractivity contribution in [2.75, 3.05) is 0 Å². The van der Waals surface area contributed by atoms with E-state index < -0.39 is 18.0 Å². The Hall–Kier alpha value is -1.16. The number of allylic oxidation sites excluding steroid dienone is 1. The zero-order chi connectivity index (χ0) is 14.3. The fourth-order valence-electron chi connectivity index (χ4n) is 2.55. The molecule has 2 N–H and O–H groups in total. The van der Waals surface area contributed by atoms with Gasteiger partial charge in [0, 0.05) is 6.42 Å². The van der Waals surface area contributed by atoms with Gasteiger partial charge in [-0.1, -0.05) is 44.8 Å². The van der Waals surface area contributed by atoms with Gasteiger partial charge in [-0.05, 0) is 18.8 Å². The van der Waals surface area contributed by atoms with Crippen LogP contribution in [0.5, 0.6) is 0 Å². The summed E-state index contributed by atoms with van der Waals surface area (Å²) in [6.07, 6.45) is 8.89. The Kier molecular flexibility index (Phi) is 6.78. The van der Waals surface area contributed by atoms with E-state index in [4.69, 9.17) is 5.11 Å². The molecule has 0 radical (unpaired) electrons. The number of hydrogen-bond donors (Lipinski definition) is 2. The van der Waals surface area contributed by atoms with E-state index in [2.05, 4.69) is 6.92 Å². The highest BCUT2D eigenvalue weighted by atomic mass is 16.4. The minimum Gasteiger partial charge on any atom is -0.481 e. The maximum atomic E-state index is 11.4. The first kappa shape index (κ1) is 15.9. The molecule has 1 aliphatic rings. The van der Waals surface area contributed by atoms with Crippen LogP contribution in [0.4, 0.5) is 0 Å². The molecule has 0 spiro atoms. The van der Waals surface area contributed by atoms with E-state index in [1.54, 1.807) is 12.2 Å². The molecule has 1 aliphatic carbocycles. The molecule has 0 bridgehead atoms. The van der Waals surface area contributed by atoms with Gasteiger partial charge in [-0.15, -0.1) is 0 Å². The highest BCUT2D eigenvalue weighted by Gasteiger charge is 2.38. The topological polar surface area (TPSA) is 74.6 Å². The average Bonchev–Trinajstić information content (AvgIpc) is 2.73. The minimum atomic E-state index is -1.05. The van der Waals surface area contributed by atoms with Crippen LogP contribution in [0.15, 0.2) is 12.2 Å². The van der Waals surface area contributed by atoms with E-state index in [0.717, 1.165) is 19.3 Å². The Labute approximate surface area is 114 Å². The van der Waals surface area contributed by atoms with Gasteiger partial charge in [0.15, 0.2) is 0 Å². The van der Waals surface area contributed by atoms with Gasteiger partial charge in [-0.2, -0.15) is 0 Å². The van der Waals surface area contributed by atoms with Crippen molar-refractivity contribution in [2.45, 2.75) is 58.0 Å². The lowest BCUT2D eigenvalue weighted by Gasteiger charge is -2.11. The van der Waals surface area contributed by atoms with Crippen LogP contribution >= 0.6 is 0 Å². The van der Waals surface area contributed by atoms with Gasteiger partial charge in [0.1, 0.15) is 11.7 Å². The Morgan fingerprint density at radius 3 is 2.79 bits per heavy atom. The molecule has 0 aromatic carbocycles. The van der Waals surface area contributed by atoms with Crippen molar-refractivity contribution in [1.82, 2.24) is 0 Å². The number of aliphatic carboxylic acids is 1. The molecular weight excluding hydrogens is 244 g/mol. The van der Waals surface area contributed by atoms with Gasteiger partial charge in [0.25, 0.3) is 0 Å². The van der Waals surface area contributed by atoms with E-state index in [-0.39, 0.29) is 11.7 Å². The summed E-state index contributed by atoms with van der Waals surface area (Å²) in [5, 5.41) is 18.8. The monoisotopic (exact) mass is 268 g/mol. The summed E-state index contributed by atoms with van der Waals surface area (Å²) in [6.45, 7) is 2.14. The van der Waals surface area contributed by atoms with Crippen LogP contribution in [0.3, 0.4) is 0 Å². The lowest BCUT2D eigenvalue weighted by Crippen LogP contribution is -2.23. The van der Waals surface area contributed by atoms with Gasteiger partial charge >= 0.3 is 5.97 Å². The lowest BCUT2D eigenvalue weighted by atomic mass is 9.94. The zero-order valence-electron chi connectivity index (χ0n) is 11.5. The standard InChI is InChI=1S/C15H24O4/c1-2-3-4-5-6-12(16)9-7-11-8-10-13(17)14(11)15(18)19/h7,9,11-12,14,16H,2-6,8,10H2,1H3,(H,18,19). The molecule has 0 saturated heterocycles. The summed E-state index contributed by atoms with van der Waals surface area (Å²) in [5.74, 6) is -2.41. The van der Waals surface area contributed by atoms with Gasteiger partial charge < -0.3 is 10.2 Å². The van der Waals surface area contributed by atoms with Crippen LogP contribution in [-0.4, -0.2) is 28.1 Å². The Bertz CT molecular complexity index is 335. The molecule has 1 fully saturated rings. The maximum Gasteiger partial charge on any atom is 0.314 e. The second-order valence-corrected chi connectivity index (χ2v) is 5.29. The third kappa shape index (κ3) is 5.15. The van der Waals surface area contributed by atoms with Crippen molar-refractivity contribution < 1.29 is 19.8 Å². The summed E-state index contributed by atoms with van der Waals surface area (Å²) >= 11 is 0. The van der Waals surface area contributed by atoms with Crippen molar-refractivity contribution in [3.63, 3.8) is 0 Å². The van der Waals surface area contributed by atoms with Gasteiger partial charge in [0.05, 0.1) is 6.10 Å². The third-order valence-electron chi connectivity index (χ3n) is 3.70. The van der Waals surface area contributed by atoms with Crippen molar-refractivity contribution in [3.8, 4) is 0 Å². The van der Waals surface area contributed by atoms with Crippen molar-refractivity contribution in [2.24, 2.45) is 11.8 Å². The summed E-state index contributed by atoms with van der Waals surface area (Å²) in [4.78, 5) is 22.4. The number of rotatable bonds is 8. The Morgan fingerprint density at radius 2 is 2.16 bits per heavy atom. The largest absolute Gasteiger partial charge is 0.481 e. The summed E-state index contributed by atoms with van der Waals surface area (Å²) < 4.78 is 0. The van der Waals surface area contributed by atoms with Gasteiger partial charge in [-0.25, -0.2) is 0 Å². The van der Waals surface area contributed by atoms with E-state index in [1.165, 1.54) is 6.42 Å². The Morgan fingerprint density at radius 1 is 1.42 bits per heavy atom. The molecule has 1 saturated carbocycles. The predicted molar refractivity (Wildman–Crippen MR) is 72.8 cm³/mol. The fourth-order valence-corrected chi connectivity index (χ4v) is 2.55. The number of ketones is 1. The highest BCUT2D eigenvalue weighted by molar-refractivity contribution is 6.00. The van der Waals surface area contributed by atoms with Crippen LogP contribution in [-0.2, 0) is 9.59 Å². The second-order valence-electron chi connectivity index (χ2n) is 5.29. The fraction of sp³-hybridized carbons (Fsp3) is 0.733. The SMILES string of the molecule is CCCCCCC(O)C=CC1CCC(=O)C1C(=O)O. The van der Waals surface area contributed by atoms with E-state index in [1.807, 2.05) is 0 Å². The number of carboxylic acid groups (broad SMARTS) is 1.